The molecule has 0 radical (unpaired) electrons. The van der Waals surface area contributed by atoms with Gasteiger partial charge in [-0.3, -0.25) is 0 Å². The number of nitrogens with zero attached hydrogens (tertiary/aromatic N) is 2. The standard InChI is InChI=1S/C20H20ClFN4/c1-13-3-6-16(21)12-18(13)25-20-24-14(2)11-19(26-20)23-10-9-15-4-7-17(22)8-5-15/h3-8,11-12H,9-10H2,1-2H3,(H2,23,24,25,26). The van der Waals surface area contributed by atoms with Crippen molar-refractivity contribution in [2.24, 2.45) is 0 Å². The molecular weight excluding hydrogens is 351 g/mol. The van der Waals surface area contributed by atoms with Gasteiger partial charge in [-0.1, -0.05) is 29.8 Å². The molecule has 0 fully saturated rings. The first-order chi connectivity index (χ1) is 12.5. The van der Waals surface area contributed by atoms with Crippen molar-refractivity contribution in [1.29, 1.82) is 0 Å². The number of aryl methyl sites for hydroxylation is 2. The van der Waals surface area contributed by atoms with Crippen LogP contribution >= 0.6 is 11.6 Å². The van der Waals surface area contributed by atoms with Crippen molar-refractivity contribution >= 4 is 29.1 Å². The Balaban J connectivity index is 1.67. The minimum atomic E-state index is -0.222. The molecule has 0 aliphatic heterocycles. The van der Waals surface area contributed by atoms with Crippen LogP contribution in [0.2, 0.25) is 5.02 Å². The van der Waals surface area contributed by atoms with Crippen LogP contribution in [0.1, 0.15) is 16.8 Å². The second-order valence-corrected chi connectivity index (χ2v) is 6.54. The summed E-state index contributed by atoms with van der Waals surface area (Å²) in [5.41, 5.74) is 3.86. The lowest BCUT2D eigenvalue weighted by Gasteiger charge is -2.12. The largest absolute Gasteiger partial charge is 0.370 e. The molecule has 6 heteroatoms. The van der Waals surface area contributed by atoms with Crippen molar-refractivity contribution in [2.45, 2.75) is 20.3 Å². The van der Waals surface area contributed by atoms with Crippen LogP contribution in [0.15, 0.2) is 48.5 Å². The van der Waals surface area contributed by atoms with Crippen LogP contribution in [-0.2, 0) is 6.42 Å². The van der Waals surface area contributed by atoms with E-state index in [1.807, 2.05) is 38.1 Å². The molecule has 0 saturated carbocycles. The number of hydrogen-bond acceptors (Lipinski definition) is 4. The van der Waals surface area contributed by atoms with Crippen LogP contribution in [0.3, 0.4) is 0 Å². The van der Waals surface area contributed by atoms with E-state index >= 15 is 0 Å². The summed E-state index contributed by atoms with van der Waals surface area (Å²) in [6.45, 7) is 4.61. The van der Waals surface area contributed by atoms with E-state index in [0.29, 0.717) is 17.5 Å². The molecule has 0 spiro atoms. The summed E-state index contributed by atoms with van der Waals surface area (Å²) in [4.78, 5) is 8.94. The highest BCUT2D eigenvalue weighted by molar-refractivity contribution is 6.30. The Morgan fingerprint density at radius 2 is 1.77 bits per heavy atom. The van der Waals surface area contributed by atoms with E-state index in [4.69, 9.17) is 11.6 Å². The molecule has 134 valence electrons. The predicted molar refractivity (Wildman–Crippen MR) is 105 cm³/mol. The van der Waals surface area contributed by atoms with Gasteiger partial charge in [0.05, 0.1) is 0 Å². The van der Waals surface area contributed by atoms with Crippen LogP contribution in [0.4, 0.5) is 21.8 Å². The molecule has 26 heavy (non-hydrogen) atoms. The third kappa shape index (κ3) is 4.92. The molecule has 0 atom stereocenters. The minimum Gasteiger partial charge on any atom is -0.370 e. The lowest BCUT2D eigenvalue weighted by molar-refractivity contribution is 0.627. The van der Waals surface area contributed by atoms with Crippen molar-refractivity contribution in [3.05, 3.63) is 76.2 Å². The quantitative estimate of drug-likeness (QED) is 0.619. The van der Waals surface area contributed by atoms with Crippen LogP contribution < -0.4 is 10.6 Å². The van der Waals surface area contributed by atoms with Crippen molar-refractivity contribution in [3.8, 4) is 0 Å². The molecule has 0 saturated heterocycles. The summed E-state index contributed by atoms with van der Waals surface area (Å²) in [7, 11) is 0. The van der Waals surface area contributed by atoms with Gasteiger partial charge in [0.2, 0.25) is 5.95 Å². The summed E-state index contributed by atoms with van der Waals surface area (Å²) >= 11 is 6.07. The van der Waals surface area contributed by atoms with Gasteiger partial charge in [-0.15, -0.1) is 0 Å². The molecular formula is C20H20ClFN4. The number of anilines is 3. The Hall–Kier alpha value is -2.66. The number of hydrogen-bond donors (Lipinski definition) is 2. The first-order valence-corrected chi connectivity index (χ1v) is 8.74. The smallest absolute Gasteiger partial charge is 0.229 e. The molecule has 2 aromatic carbocycles. The zero-order valence-electron chi connectivity index (χ0n) is 14.7. The normalized spacial score (nSPS) is 10.6. The second-order valence-electron chi connectivity index (χ2n) is 6.11. The van der Waals surface area contributed by atoms with Gasteiger partial charge in [0.1, 0.15) is 11.6 Å². The van der Waals surface area contributed by atoms with Crippen LogP contribution in [0.5, 0.6) is 0 Å². The number of rotatable bonds is 6. The molecule has 1 aromatic heterocycles. The van der Waals surface area contributed by atoms with Gasteiger partial charge in [-0.05, 0) is 55.7 Å². The summed E-state index contributed by atoms with van der Waals surface area (Å²) < 4.78 is 12.9. The average Bonchev–Trinajstić information content (AvgIpc) is 2.59. The van der Waals surface area contributed by atoms with E-state index in [2.05, 4.69) is 20.6 Å². The van der Waals surface area contributed by atoms with E-state index in [1.54, 1.807) is 12.1 Å². The summed E-state index contributed by atoms with van der Waals surface area (Å²) in [6.07, 6.45) is 0.777. The fraction of sp³-hybridized carbons (Fsp3) is 0.200. The lowest BCUT2D eigenvalue weighted by atomic mass is 10.1. The molecule has 0 unspecified atom stereocenters. The maximum absolute atomic E-state index is 12.9. The highest BCUT2D eigenvalue weighted by Gasteiger charge is 2.06. The van der Waals surface area contributed by atoms with E-state index in [9.17, 15) is 4.39 Å². The summed E-state index contributed by atoms with van der Waals surface area (Å²) in [5.74, 6) is 1.03. The third-order valence-electron chi connectivity index (χ3n) is 3.93. The molecule has 4 nitrogen and oxygen atoms in total. The average molecular weight is 371 g/mol. The Kier molecular flexibility index (Phi) is 5.68. The van der Waals surface area contributed by atoms with Gasteiger partial charge in [0, 0.05) is 29.0 Å². The second kappa shape index (κ2) is 8.15. The van der Waals surface area contributed by atoms with Crippen LogP contribution in [0, 0.1) is 19.7 Å². The van der Waals surface area contributed by atoms with Crippen LogP contribution in [-0.4, -0.2) is 16.5 Å². The number of benzene rings is 2. The Labute approximate surface area is 157 Å². The van der Waals surface area contributed by atoms with Crippen LogP contribution in [0.25, 0.3) is 0 Å². The van der Waals surface area contributed by atoms with E-state index in [1.165, 1.54) is 12.1 Å². The molecule has 0 aliphatic carbocycles. The van der Waals surface area contributed by atoms with Gasteiger partial charge in [0.25, 0.3) is 0 Å². The summed E-state index contributed by atoms with van der Waals surface area (Å²) in [6, 6.07) is 14.1. The Bertz CT molecular complexity index is 897. The maximum atomic E-state index is 12.9. The Morgan fingerprint density at radius 1 is 1.00 bits per heavy atom. The lowest BCUT2D eigenvalue weighted by Crippen LogP contribution is -2.09. The zero-order chi connectivity index (χ0) is 18.5. The molecule has 0 aliphatic rings. The van der Waals surface area contributed by atoms with Gasteiger partial charge in [-0.2, -0.15) is 4.98 Å². The molecule has 0 bridgehead atoms. The molecule has 3 rings (SSSR count). The third-order valence-corrected chi connectivity index (χ3v) is 4.17. The molecule has 3 aromatic rings. The number of aromatic nitrogens is 2. The van der Waals surface area contributed by atoms with Crippen molar-refractivity contribution in [1.82, 2.24) is 9.97 Å². The fourth-order valence-electron chi connectivity index (χ4n) is 2.55. The van der Waals surface area contributed by atoms with Gasteiger partial charge in [-0.25, -0.2) is 9.37 Å². The molecule has 2 N–H and O–H groups in total. The number of nitrogens with one attached hydrogen (secondary N) is 2. The molecule has 0 amide bonds. The van der Waals surface area contributed by atoms with E-state index < -0.39 is 0 Å². The first-order valence-electron chi connectivity index (χ1n) is 8.37. The SMILES string of the molecule is Cc1cc(NCCc2ccc(F)cc2)nc(Nc2cc(Cl)ccc2C)n1. The van der Waals surface area contributed by atoms with Gasteiger partial charge >= 0.3 is 0 Å². The fourth-order valence-corrected chi connectivity index (χ4v) is 2.72. The van der Waals surface area contributed by atoms with Crippen molar-refractivity contribution < 1.29 is 4.39 Å². The van der Waals surface area contributed by atoms with E-state index in [0.717, 1.165) is 34.7 Å². The zero-order valence-corrected chi connectivity index (χ0v) is 15.4. The minimum absolute atomic E-state index is 0.222. The molecule has 1 heterocycles. The van der Waals surface area contributed by atoms with E-state index in [-0.39, 0.29) is 5.82 Å². The highest BCUT2D eigenvalue weighted by atomic mass is 35.5. The van der Waals surface area contributed by atoms with Crippen molar-refractivity contribution in [2.75, 3.05) is 17.2 Å². The van der Waals surface area contributed by atoms with Gasteiger partial charge in [0.15, 0.2) is 0 Å². The maximum Gasteiger partial charge on any atom is 0.229 e. The Morgan fingerprint density at radius 3 is 2.54 bits per heavy atom. The predicted octanol–water partition coefficient (Wildman–Crippen LogP) is 5.28. The monoisotopic (exact) mass is 370 g/mol. The van der Waals surface area contributed by atoms with Gasteiger partial charge < -0.3 is 10.6 Å². The summed E-state index contributed by atoms with van der Waals surface area (Å²) in [5, 5.41) is 7.17. The first kappa shape index (κ1) is 18.1. The van der Waals surface area contributed by atoms with Crippen molar-refractivity contribution in [3.63, 3.8) is 0 Å². The highest BCUT2D eigenvalue weighted by Crippen LogP contribution is 2.23. The topological polar surface area (TPSA) is 49.8 Å². The number of halogens is 2.